The molecule has 0 aromatic heterocycles. The van der Waals surface area contributed by atoms with Gasteiger partial charge in [-0.25, -0.2) is 0 Å². The number of nitrogens with zero attached hydrogens (tertiary/aromatic N) is 1. The van der Waals surface area contributed by atoms with Gasteiger partial charge in [-0.2, -0.15) is 0 Å². The summed E-state index contributed by atoms with van der Waals surface area (Å²) >= 11 is 0. The van der Waals surface area contributed by atoms with Gasteiger partial charge in [0.2, 0.25) is 5.91 Å². The fraction of sp³-hybridized carbons (Fsp3) is 0.941. The summed E-state index contributed by atoms with van der Waals surface area (Å²) in [6.45, 7) is 5.31. The maximum Gasteiger partial charge on any atom is 0.241 e. The molecule has 1 N–H and O–H groups in total. The van der Waals surface area contributed by atoms with Crippen molar-refractivity contribution in [2.24, 2.45) is 17.8 Å². The minimum atomic E-state index is 0.0574. The molecule has 114 valence electrons. The van der Waals surface area contributed by atoms with Crippen LogP contribution in [0.1, 0.15) is 65.2 Å². The molecule has 0 bridgehead atoms. The highest BCUT2D eigenvalue weighted by Gasteiger charge is 2.44. The summed E-state index contributed by atoms with van der Waals surface area (Å²) in [5.41, 5.74) is 0. The molecule has 0 aromatic carbocycles. The van der Waals surface area contributed by atoms with Gasteiger partial charge in [0.25, 0.3) is 0 Å². The standard InChI is InChI=1S/C17H30N2O/c1-12(2)15-17(20)19(11-10-13-6-5-7-13)16(18-15)14-8-3-4-9-14/h12-16,18H,3-11H2,1-2H3. The number of carbonyl (C=O) groups excluding carboxylic acids is 1. The van der Waals surface area contributed by atoms with Crippen LogP contribution < -0.4 is 5.32 Å². The summed E-state index contributed by atoms with van der Waals surface area (Å²) in [6.07, 6.45) is 11.0. The van der Waals surface area contributed by atoms with Crippen LogP contribution in [0.5, 0.6) is 0 Å². The molecule has 20 heavy (non-hydrogen) atoms. The molecule has 1 saturated heterocycles. The van der Waals surface area contributed by atoms with Gasteiger partial charge in [0.1, 0.15) is 0 Å². The Morgan fingerprint density at radius 2 is 1.85 bits per heavy atom. The third kappa shape index (κ3) is 2.74. The largest absolute Gasteiger partial charge is 0.325 e. The van der Waals surface area contributed by atoms with E-state index < -0.39 is 0 Å². The minimum absolute atomic E-state index is 0.0574. The maximum absolute atomic E-state index is 12.7. The molecule has 0 spiro atoms. The quantitative estimate of drug-likeness (QED) is 0.838. The van der Waals surface area contributed by atoms with E-state index in [1.807, 2.05) is 0 Å². The fourth-order valence-corrected chi connectivity index (χ4v) is 4.15. The van der Waals surface area contributed by atoms with Crippen molar-refractivity contribution in [3.63, 3.8) is 0 Å². The lowest BCUT2D eigenvalue weighted by Crippen LogP contribution is -2.43. The number of hydrogen-bond acceptors (Lipinski definition) is 2. The summed E-state index contributed by atoms with van der Waals surface area (Å²) in [7, 11) is 0. The van der Waals surface area contributed by atoms with E-state index in [0.29, 0.717) is 23.9 Å². The van der Waals surface area contributed by atoms with E-state index in [1.165, 1.54) is 51.4 Å². The molecule has 3 rings (SSSR count). The first-order valence-electron chi connectivity index (χ1n) is 8.73. The normalized spacial score (nSPS) is 32.4. The number of hydrogen-bond donors (Lipinski definition) is 1. The Kier molecular flexibility index (Phi) is 4.34. The Morgan fingerprint density at radius 1 is 1.15 bits per heavy atom. The van der Waals surface area contributed by atoms with Crippen molar-refractivity contribution in [1.29, 1.82) is 0 Å². The summed E-state index contributed by atoms with van der Waals surface area (Å²) in [5.74, 6) is 2.37. The van der Waals surface area contributed by atoms with Crippen molar-refractivity contribution in [2.45, 2.75) is 77.4 Å². The van der Waals surface area contributed by atoms with Crippen molar-refractivity contribution in [1.82, 2.24) is 10.2 Å². The molecular formula is C17H30N2O. The van der Waals surface area contributed by atoms with Gasteiger partial charge in [-0.05, 0) is 37.0 Å². The highest BCUT2D eigenvalue weighted by atomic mass is 16.2. The highest BCUT2D eigenvalue weighted by molar-refractivity contribution is 5.84. The summed E-state index contributed by atoms with van der Waals surface area (Å²) in [6, 6.07) is 0.0574. The van der Waals surface area contributed by atoms with Crippen LogP contribution in [-0.2, 0) is 4.79 Å². The lowest BCUT2D eigenvalue weighted by Gasteiger charge is -2.32. The molecular weight excluding hydrogens is 248 g/mol. The molecule has 2 unspecified atom stereocenters. The van der Waals surface area contributed by atoms with Crippen LogP contribution >= 0.6 is 0 Å². The molecule has 3 fully saturated rings. The Bertz CT molecular complexity index is 345. The number of nitrogens with one attached hydrogen (secondary N) is 1. The third-order valence-electron chi connectivity index (χ3n) is 5.75. The number of carbonyl (C=O) groups is 1. The first-order chi connectivity index (χ1) is 9.66. The predicted octanol–water partition coefficient (Wildman–Crippen LogP) is 3.15. The van der Waals surface area contributed by atoms with E-state index in [4.69, 9.17) is 0 Å². The zero-order valence-electron chi connectivity index (χ0n) is 13.1. The minimum Gasteiger partial charge on any atom is -0.325 e. The van der Waals surface area contributed by atoms with Crippen LogP contribution in [0.3, 0.4) is 0 Å². The van der Waals surface area contributed by atoms with E-state index in [1.54, 1.807) is 0 Å². The van der Waals surface area contributed by atoms with E-state index in [2.05, 4.69) is 24.1 Å². The third-order valence-corrected chi connectivity index (χ3v) is 5.75. The molecule has 2 aliphatic carbocycles. The second-order valence-corrected chi connectivity index (χ2v) is 7.49. The zero-order valence-corrected chi connectivity index (χ0v) is 13.1. The van der Waals surface area contributed by atoms with E-state index in [9.17, 15) is 4.79 Å². The van der Waals surface area contributed by atoms with E-state index >= 15 is 0 Å². The first kappa shape index (κ1) is 14.4. The molecule has 1 aliphatic heterocycles. The van der Waals surface area contributed by atoms with Crippen LogP contribution in [0.4, 0.5) is 0 Å². The summed E-state index contributed by atoms with van der Waals surface area (Å²) in [4.78, 5) is 14.9. The van der Waals surface area contributed by atoms with Crippen molar-refractivity contribution >= 4 is 5.91 Å². The Hall–Kier alpha value is -0.570. The van der Waals surface area contributed by atoms with Gasteiger partial charge in [0.15, 0.2) is 0 Å². The molecule has 3 heteroatoms. The molecule has 3 nitrogen and oxygen atoms in total. The average Bonchev–Trinajstić information content (AvgIpc) is 2.96. The number of rotatable bonds is 5. The summed E-state index contributed by atoms with van der Waals surface area (Å²) < 4.78 is 0. The topological polar surface area (TPSA) is 32.3 Å². The Morgan fingerprint density at radius 3 is 2.40 bits per heavy atom. The Balaban J connectivity index is 1.65. The second kappa shape index (κ2) is 6.05. The highest BCUT2D eigenvalue weighted by Crippen LogP contribution is 2.35. The van der Waals surface area contributed by atoms with Gasteiger partial charge in [-0.3, -0.25) is 10.1 Å². The molecule has 1 amide bonds. The second-order valence-electron chi connectivity index (χ2n) is 7.49. The van der Waals surface area contributed by atoms with Gasteiger partial charge in [0.05, 0.1) is 12.2 Å². The lowest BCUT2D eigenvalue weighted by atomic mass is 9.83. The van der Waals surface area contributed by atoms with Crippen LogP contribution in [-0.4, -0.2) is 29.6 Å². The maximum atomic E-state index is 12.7. The molecule has 0 radical (unpaired) electrons. The van der Waals surface area contributed by atoms with Gasteiger partial charge in [-0.15, -0.1) is 0 Å². The van der Waals surface area contributed by atoms with Crippen LogP contribution in [0, 0.1) is 17.8 Å². The smallest absolute Gasteiger partial charge is 0.241 e. The SMILES string of the molecule is CC(C)C1NC(C2CCCC2)N(CCC2CCC2)C1=O. The van der Waals surface area contributed by atoms with Gasteiger partial charge < -0.3 is 4.90 Å². The van der Waals surface area contributed by atoms with E-state index in [-0.39, 0.29) is 6.04 Å². The van der Waals surface area contributed by atoms with Gasteiger partial charge >= 0.3 is 0 Å². The van der Waals surface area contributed by atoms with Crippen molar-refractivity contribution < 1.29 is 4.79 Å². The monoisotopic (exact) mass is 278 g/mol. The molecule has 1 heterocycles. The van der Waals surface area contributed by atoms with Crippen molar-refractivity contribution in [3.05, 3.63) is 0 Å². The van der Waals surface area contributed by atoms with Crippen LogP contribution in [0.2, 0.25) is 0 Å². The van der Waals surface area contributed by atoms with Crippen molar-refractivity contribution in [2.75, 3.05) is 6.54 Å². The van der Waals surface area contributed by atoms with Gasteiger partial charge in [0, 0.05) is 6.54 Å². The first-order valence-corrected chi connectivity index (χ1v) is 8.73. The van der Waals surface area contributed by atoms with E-state index in [0.717, 1.165) is 12.5 Å². The molecule has 0 aromatic rings. The number of amides is 1. The zero-order chi connectivity index (χ0) is 14.1. The van der Waals surface area contributed by atoms with Gasteiger partial charge in [-0.1, -0.05) is 46.0 Å². The summed E-state index contributed by atoms with van der Waals surface area (Å²) in [5, 5.41) is 3.67. The fourth-order valence-electron chi connectivity index (χ4n) is 4.15. The lowest BCUT2D eigenvalue weighted by molar-refractivity contribution is -0.131. The molecule has 2 saturated carbocycles. The Labute approximate surface area is 123 Å². The average molecular weight is 278 g/mol. The molecule has 3 aliphatic rings. The molecule has 2 atom stereocenters. The van der Waals surface area contributed by atoms with Crippen LogP contribution in [0.25, 0.3) is 0 Å². The van der Waals surface area contributed by atoms with Crippen LogP contribution in [0.15, 0.2) is 0 Å². The predicted molar refractivity (Wildman–Crippen MR) is 81.2 cm³/mol. The van der Waals surface area contributed by atoms with Crippen molar-refractivity contribution in [3.8, 4) is 0 Å².